The predicted octanol–water partition coefficient (Wildman–Crippen LogP) is 5.48. The number of anilines is 1. The van der Waals surface area contributed by atoms with Crippen molar-refractivity contribution in [2.45, 2.75) is 89.9 Å². The molecule has 3 N–H and O–H groups in total. The van der Waals surface area contributed by atoms with Crippen molar-refractivity contribution >= 4 is 52.3 Å². The van der Waals surface area contributed by atoms with Crippen LogP contribution in [0.4, 0.5) is 10.5 Å². The summed E-state index contributed by atoms with van der Waals surface area (Å²) in [6.45, 7) is 7.18. The Hall–Kier alpha value is -5.17. The maximum absolute atomic E-state index is 13.7. The van der Waals surface area contributed by atoms with Crippen LogP contribution in [0.25, 0.3) is 0 Å². The van der Waals surface area contributed by atoms with Gasteiger partial charge in [-0.2, -0.15) is 0 Å². The third kappa shape index (κ3) is 14.2. The number of ether oxygens (including phenoxy) is 2. The van der Waals surface area contributed by atoms with Crippen LogP contribution in [0.15, 0.2) is 84.9 Å². The third-order valence-corrected chi connectivity index (χ3v) is 9.97. The fraction of sp³-hybridized carbons (Fsp3) is 0.429. The topological polar surface area (TPSA) is 160 Å². The first-order chi connectivity index (χ1) is 26.2. The highest BCUT2D eigenvalue weighted by Gasteiger charge is 2.35. The summed E-state index contributed by atoms with van der Waals surface area (Å²) >= 11 is 1.06. The quantitative estimate of drug-likeness (QED) is 0.160. The minimum Gasteiger partial charge on any atom is -0.467 e. The summed E-state index contributed by atoms with van der Waals surface area (Å²) in [7, 11) is 1.26. The van der Waals surface area contributed by atoms with E-state index in [4.69, 9.17) is 9.47 Å². The molecule has 0 aromatic heterocycles. The SMILES string of the molecule is COC(=O)C(Cc1ccc(NC(=O)C2CCCN2C(=O)CC(Cc2ccccc2)NC(=O)OC(C)(C)C)cc1)NC(=O)C(CSC(C)=O)Cc1ccccc1. The number of carbonyl (C=O) groups is 6. The fourth-order valence-corrected chi connectivity index (χ4v) is 7.07. The number of alkyl carbamates (subject to hydrolysis) is 1. The first kappa shape index (κ1) is 42.6. The van der Waals surface area contributed by atoms with Crippen LogP contribution >= 0.6 is 11.8 Å². The van der Waals surface area contributed by atoms with Crippen molar-refractivity contribution in [3.63, 3.8) is 0 Å². The van der Waals surface area contributed by atoms with Crippen LogP contribution in [0.3, 0.4) is 0 Å². The molecule has 4 amide bonds. The van der Waals surface area contributed by atoms with Gasteiger partial charge in [-0.05, 0) is 75.3 Å². The zero-order valence-corrected chi connectivity index (χ0v) is 33.0. The molecule has 4 atom stereocenters. The van der Waals surface area contributed by atoms with E-state index in [9.17, 15) is 28.8 Å². The average molecular weight is 773 g/mol. The van der Waals surface area contributed by atoms with E-state index in [-0.39, 0.29) is 41.4 Å². The number of likely N-dealkylation sites (tertiary alicyclic amines) is 1. The smallest absolute Gasteiger partial charge is 0.407 e. The first-order valence-corrected chi connectivity index (χ1v) is 19.5. The Kier molecular flexibility index (Phi) is 15.9. The molecule has 1 aliphatic heterocycles. The van der Waals surface area contributed by atoms with E-state index >= 15 is 0 Å². The number of hydrogen-bond acceptors (Lipinski definition) is 9. The number of nitrogens with zero attached hydrogens (tertiary/aromatic N) is 1. The number of methoxy groups -OCH3 is 1. The van der Waals surface area contributed by atoms with Crippen molar-refractivity contribution in [1.29, 1.82) is 0 Å². The molecule has 1 saturated heterocycles. The van der Waals surface area contributed by atoms with Crippen molar-refractivity contribution in [2.24, 2.45) is 5.92 Å². The Labute approximate surface area is 327 Å². The van der Waals surface area contributed by atoms with Crippen LogP contribution in [0, 0.1) is 5.92 Å². The molecule has 0 bridgehead atoms. The van der Waals surface area contributed by atoms with E-state index in [0.717, 1.165) is 22.9 Å². The predicted molar refractivity (Wildman–Crippen MR) is 212 cm³/mol. The standard InChI is InChI=1S/C42H52N4O8S/c1-28(47)55-27-32(23-29-13-8-6-9-14-29)38(49)45-35(40(51)53-5)25-31-18-20-33(21-19-31)43-39(50)36-17-12-22-46(36)37(48)26-34(24-30-15-10-7-11-16-30)44-41(52)54-42(2,3)4/h6-11,13-16,18-21,32,34-36H,12,17,22-27H2,1-5H3,(H,43,50)(H,44,52)(H,45,49). The lowest BCUT2D eigenvalue weighted by molar-refractivity contribution is -0.145. The van der Waals surface area contributed by atoms with E-state index in [1.165, 1.54) is 14.0 Å². The molecule has 0 radical (unpaired) electrons. The molecule has 55 heavy (non-hydrogen) atoms. The zero-order valence-electron chi connectivity index (χ0n) is 32.2. The highest BCUT2D eigenvalue weighted by molar-refractivity contribution is 8.13. The van der Waals surface area contributed by atoms with Crippen LogP contribution in [0.1, 0.15) is 63.6 Å². The Balaban J connectivity index is 1.38. The van der Waals surface area contributed by atoms with E-state index in [0.29, 0.717) is 43.5 Å². The van der Waals surface area contributed by atoms with Gasteiger partial charge in [0.2, 0.25) is 17.7 Å². The number of benzene rings is 3. The highest BCUT2D eigenvalue weighted by Crippen LogP contribution is 2.23. The number of hydrogen-bond donors (Lipinski definition) is 3. The van der Waals surface area contributed by atoms with Crippen LogP contribution in [0.5, 0.6) is 0 Å². The molecule has 1 aliphatic rings. The van der Waals surface area contributed by atoms with Gasteiger partial charge < -0.3 is 30.3 Å². The van der Waals surface area contributed by atoms with Crippen molar-refractivity contribution < 1.29 is 38.2 Å². The lowest BCUT2D eigenvalue weighted by Crippen LogP contribution is -2.47. The minimum atomic E-state index is -0.980. The maximum atomic E-state index is 13.7. The molecule has 1 fully saturated rings. The monoisotopic (exact) mass is 772 g/mol. The largest absolute Gasteiger partial charge is 0.467 e. The van der Waals surface area contributed by atoms with Gasteiger partial charge in [-0.1, -0.05) is 84.6 Å². The lowest BCUT2D eigenvalue weighted by Gasteiger charge is -2.27. The molecule has 1 heterocycles. The molecule has 12 nitrogen and oxygen atoms in total. The minimum absolute atomic E-state index is 0.00686. The van der Waals surface area contributed by atoms with Crippen LogP contribution in [-0.2, 0) is 52.7 Å². The summed E-state index contributed by atoms with van der Waals surface area (Å²) in [6.07, 6.45) is 1.48. The lowest BCUT2D eigenvalue weighted by atomic mass is 9.99. The van der Waals surface area contributed by atoms with E-state index < -0.39 is 41.7 Å². The second kappa shape index (κ2) is 20.5. The highest BCUT2D eigenvalue weighted by atomic mass is 32.2. The number of thioether (sulfide) groups is 1. The van der Waals surface area contributed by atoms with Gasteiger partial charge in [-0.3, -0.25) is 19.2 Å². The van der Waals surface area contributed by atoms with Gasteiger partial charge >= 0.3 is 12.1 Å². The summed E-state index contributed by atoms with van der Waals surface area (Å²) in [5, 5.41) is 8.49. The van der Waals surface area contributed by atoms with Crippen molar-refractivity contribution in [1.82, 2.24) is 15.5 Å². The van der Waals surface area contributed by atoms with Gasteiger partial charge in [0, 0.05) is 43.8 Å². The van der Waals surface area contributed by atoms with Gasteiger partial charge in [-0.15, -0.1) is 0 Å². The van der Waals surface area contributed by atoms with Gasteiger partial charge in [0.25, 0.3) is 0 Å². The van der Waals surface area contributed by atoms with Crippen molar-refractivity contribution in [3.05, 3.63) is 102 Å². The second-order valence-corrected chi connectivity index (χ2v) is 15.8. The molecule has 4 unspecified atom stereocenters. The molecule has 3 aromatic rings. The number of rotatable bonds is 16. The summed E-state index contributed by atoms with van der Waals surface area (Å²) in [5.41, 5.74) is 2.40. The first-order valence-electron chi connectivity index (χ1n) is 18.5. The van der Waals surface area contributed by atoms with Crippen LogP contribution < -0.4 is 16.0 Å². The number of esters is 1. The molecule has 0 spiro atoms. The van der Waals surface area contributed by atoms with Gasteiger partial charge in [0.15, 0.2) is 5.12 Å². The van der Waals surface area contributed by atoms with Gasteiger partial charge in [0.1, 0.15) is 17.7 Å². The normalized spacial score (nSPS) is 15.6. The summed E-state index contributed by atoms with van der Waals surface area (Å²) in [5.74, 6) is -1.84. The Morgan fingerprint density at radius 2 is 1.42 bits per heavy atom. The molecule has 294 valence electrons. The van der Waals surface area contributed by atoms with E-state index in [1.54, 1.807) is 49.9 Å². The second-order valence-electron chi connectivity index (χ2n) is 14.6. The fourth-order valence-electron chi connectivity index (χ4n) is 6.37. The molecular formula is C42H52N4O8S. The van der Waals surface area contributed by atoms with Crippen LogP contribution in [0.2, 0.25) is 0 Å². The van der Waals surface area contributed by atoms with E-state index in [2.05, 4.69) is 16.0 Å². The number of amides is 4. The van der Waals surface area contributed by atoms with Crippen molar-refractivity contribution in [2.75, 3.05) is 24.7 Å². The molecule has 0 aliphatic carbocycles. The molecular weight excluding hydrogens is 721 g/mol. The number of nitrogens with one attached hydrogen (secondary N) is 3. The summed E-state index contributed by atoms with van der Waals surface area (Å²) in [6, 6.07) is 23.7. The summed E-state index contributed by atoms with van der Waals surface area (Å²) < 4.78 is 10.5. The molecule has 3 aromatic carbocycles. The van der Waals surface area contributed by atoms with E-state index in [1.807, 2.05) is 60.7 Å². The third-order valence-electron chi connectivity index (χ3n) is 8.99. The Bertz CT molecular complexity index is 1770. The van der Waals surface area contributed by atoms with Crippen LogP contribution in [-0.4, -0.2) is 82.9 Å². The maximum Gasteiger partial charge on any atom is 0.407 e. The molecule has 13 heteroatoms. The number of carbonyl (C=O) groups excluding carboxylic acids is 6. The van der Waals surface area contributed by atoms with Gasteiger partial charge in [-0.25, -0.2) is 9.59 Å². The Morgan fingerprint density at radius 1 is 0.818 bits per heavy atom. The van der Waals surface area contributed by atoms with Crippen molar-refractivity contribution in [3.8, 4) is 0 Å². The zero-order chi connectivity index (χ0) is 40.0. The van der Waals surface area contributed by atoms with Gasteiger partial charge in [0.05, 0.1) is 13.0 Å². The summed E-state index contributed by atoms with van der Waals surface area (Å²) in [4.78, 5) is 79.4. The average Bonchev–Trinajstić information content (AvgIpc) is 3.64. The Morgan fingerprint density at radius 3 is 2.00 bits per heavy atom. The molecule has 0 saturated carbocycles. The molecule has 4 rings (SSSR count).